The molecule has 0 radical (unpaired) electrons. The molecule has 0 N–H and O–H groups in total. The van der Waals surface area contributed by atoms with Gasteiger partial charge in [-0.3, -0.25) is 4.57 Å². The van der Waals surface area contributed by atoms with Crippen LogP contribution in [0, 0.1) is 0 Å². The lowest BCUT2D eigenvalue weighted by molar-refractivity contribution is 0.669. The largest absolute Gasteiger partial charge is 0.456 e. The molecule has 0 aliphatic carbocycles. The zero-order chi connectivity index (χ0) is 50.1. The summed E-state index contributed by atoms with van der Waals surface area (Å²) >= 11 is 1.63. The predicted octanol–water partition coefficient (Wildman–Crippen LogP) is 15.6. The third-order valence-electron chi connectivity index (χ3n) is 11.5. The summed E-state index contributed by atoms with van der Waals surface area (Å²) in [6.07, 6.45) is 0. The number of thiophene rings is 1. The van der Waals surface area contributed by atoms with Crippen LogP contribution in [0.3, 0.4) is 0 Å². The predicted molar refractivity (Wildman–Crippen MR) is 262 cm³/mol. The van der Waals surface area contributed by atoms with E-state index in [1.165, 1.54) is 0 Å². The van der Waals surface area contributed by atoms with Crippen molar-refractivity contribution in [2.24, 2.45) is 0 Å². The molecule has 294 valence electrons. The monoisotopic (exact) mass is 832 g/mol. The highest BCUT2D eigenvalue weighted by Gasteiger charge is 2.23. The second kappa shape index (κ2) is 14.2. The lowest BCUT2D eigenvalue weighted by atomic mass is 9.99. The van der Waals surface area contributed by atoms with E-state index in [0.29, 0.717) is 16.6 Å². The van der Waals surface area contributed by atoms with Crippen LogP contribution in [0.25, 0.3) is 126 Å². The zero-order valence-corrected chi connectivity index (χ0v) is 33.8. The molecule has 0 fully saturated rings. The maximum Gasteiger partial charge on any atom is 0.238 e. The Hall–Kier alpha value is -8.19. The molecule has 5 nitrogen and oxygen atoms in total. The maximum absolute atomic E-state index is 9.89. The SMILES string of the molecule is [2H]c1c([2H])c(-c2ccccc2)c([2H])c(-c2nc(-c3c([2H])c([2H])c4c(oc5c([2H])c([2H])c([2H])c(-c6ccccc6)c54)c3[2H])nc(-n3c4cc(-c5ccccc5)ccc4c4ccc5sc6ccccc6c5c43)n2)c1[2H]. The molecule has 0 amide bonds. The molecule has 9 aromatic carbocycles. The van der Waals surface area contributed by atoms with Crippen molar-refractivity contribution in [2.75, 3.05) is 0 Å². The standard InChI is InChI=1S/C57H34N4OS/c1-4-14-35(15-5-1)38-20-12-21-40(32-38)55-58-56(41-27-29-45-49(34-41)62-48-24-13-23-42(52(45)48)37-18-8-3-9-19-37)60-57(59-55)61-47-33-39(36-16-6-2-7-17-36)26-28-43(47)44-30-31-51-53(54(44)61)46-22-10-11-25-50(46)63-51/h1-34H/i12D,13D,20D,21D,23D,24D,27D,29D,32D,34D. The molecule has 0 spiro atoms. The van der Waals surface area contributed by atoms with Crippen LogP contribution >= 0.6 is 11.3 Å². The molecule has 0 aliphatic heterocycles. The van der Waals surface area contributed by atoms with Crippen LogP contribution in [0.1, 0.15) is 13.7 Å². The third kappa shape index (κ3) is 5.80. The number of nitrogens with zero attached hydrogens (tertiary/aromatic N) is 4. The average Bonchev–Trinajstić information content (AvgIpc) is 4.10. The summed E-state index contributed by atoms with van der Waals surface area (Å²) in [6.45, 7) is 0. The molecule has 4 heterocycles. The minimum Gasteiger partial charge on any atom is -0.456 e. The maximum atomic E-state index is 9.89. The quantitative estimate of drug-likeness (QED) is 0.167. The summed E-state index contributed by atoms with van der Waals surface area (Å²) in [7, 11) is 0. The van der Waals surface area contributed by atoms with Crippen LogP contribution in [0.4, 0.5) is 0 Å². The van der Waals surface area contributed by atoms with Gasteiger partial charge in [-0.25, -0.2) is 4.98 Å². The van der Waals surface area contributed by atoms with Gasteiger partial charge in [-0.05, 0) is 75.7 Å². The second-order valence-electron chi connectivity index (χ2n) is 15.1. The topological polar surface area (TPSA) is 56.7 Å². The molecular weight excluding hydrogens is 789 g/mol. The van der Waals surface area contributed by atoms with Gasteiger partial charge in [0.1, 0.15) is 11.2 Å². The molecule has 0 aliphatic rings. The molecule has 0 saturated carbocycles. The summed E-state index contributed by atoms with van der Waals surface area (Å²) in [5.41, 5.74) is 3.81. The highest BCUT2D eigenvalue weighted by Crippen LogP contribution is 2.44. The Labute approximate surface area is 379 Å². The molecule has 6 heteroatoms. The van der Waals surface area contributed by atoms with Crippen LogP contribution in [0.2, 0.25) is 0 Å². The first-order valence-electron chi connectivity index (χ1n) is 25.3. The Balaban J connectivity index is 1.19. The van der Waals surface area contributed by atoms with Gasteiger partial charge in [-0.15, -0.1) is 11.3 Å². The van der Waals surface area contributed by atoms with Crippen molar-refractivity contribution in [3.63, 3.8) is 0 Å². The number of benzene rings is 9. The molecule has 0 saturated heterocycles. The molecule has 4 aromatic heterocycles. The Bertz CT molecular complexity index is 4500. The van der Waals surface area contributed by atoms with Gasteiger partial charge in [0.15, 0.2) is 11.6 Å². The molecule has 13 rings (SSSR count). The Morgan fingerprint density at radius 2 is 1.11 bits per heavy atom. The van der Waals surface area contributed by atoms with Gasteiger partial charge in [0.2, 0.25) is 5.95 Å². The van der Waals surface area contributed by atoms with Gasteiger partial charge >= 0.3 is 0 Å². The van der Waals surface area contributed by atoms with Crippen molar-refractivity contribution in [1.29, 1.82) is 0 Å². The molecular formula is C57H34N4OS. The summed E-state index contributed by atoms with van der Waals surface area (Å²) in [6, 6.07) is 41.9. The molecule has 63 heavy (non-hydrogen) atoms. The van der Waals surface area contributed by atoms with Crippen LogP contribution in [-0.2, 0) is 0 Å². The summed E-state index contributed by atoms with van der Waals surface area (Å²) in [5, 5.41) is 3.79. The van der Waals surface area contributed by atoms with Crippen molar-refractivity contribution in [1.82, 2.24) is 19.5 Å². The van der Waals surface area contributed by atoms with Gasteiger partial charge in [-0.2, -0.15) is 9.97 Å². The van der Waals surface area contributed by atoms with E-state index in [1.807, 2.05) is 53.1 Å². The minimum atomic E-state index is -0.488. The van der Waals surface area contributed by atoms with Gasteiger partial charge in [-0.1, -0.05) is 164 Å². The Morgan fingerprint density at radius 3 is 1.90 bits per heavy atom. The van der Waals surface area contributed by atoms with E-state index in [-0.39, 0.29) is 79.9 Å². The molecule has 0 bridgehead atoms. The minimum absolute atomic E-state index is 0.00551. The molecule has 0 atom stereocenters. The first-order valence-corrected chi connectivity index (χ1v) is 21.1. The second-order valence-corrected chi connectivity index (χ2v) is 16.2. The van der Waals surface area contributed by atoms with Gasteiger partial charge in [0.25, 0.3) is 0 Å². The summed E-state index contributed by atoms with van der Waals surface area (Å²) in [5.74, 6) is -0.535. The number of rotatable bonds is 6. The number of furan rings is 1. The number of hydrogen-bond donors (Lipinski definition) is 0. The number of fused-ring (bicyclic) bond motifs is 10. The summed E-state index contributed by atoms with van der Waals surface area (Å²) < 4.78 is 104. The van der Waals surface area contributed by atoms with Crippen LogP contribution in [-0.4, -0.2) is 19.5 Å². The van der Waals surface area contributed by atoms with Crippen LogP contribution < -0.4 is 0 Å². The highest BCUT2D eigenvalue weighted by atomic mass is 32.1. The third-order valence-corrected chi connectivity index (χ3v) is 12.6. The van der Waals surface area contributed by atoms with E-state index < -0.39 is 42.3 Å². The van der Waals surface area contributed by atoms with Gasteiger partial charge < -0.3 is 4.42 Å². The van der Waals surface area contributed by atoms with E-state index in [9.17, 15) is 6.85 Å². The van der Waals surface area contributed by atoms with Crippen LogP contribution in [0.15, 0.2) is 210 Å². The normalized spacial score (nSPS) is 14.0. The zero-order valence-electron chi connectivity index (χ0n) is 43.0. The van der Waals surface area contributed by atoms with Gasteiger partial charge in [0, 0.05) is 52.8 Å². The van der Waals surface area contributed by atoms with E-state index in [4.69, 9.17) is 26.2 Å². The van der Waals surface area contributed by atoms with Crippen molar-refractivity contribution in [3.8, 4) is 62.1 Å². The highest BCUT2D eigenvalue weighted by molar-refractivity contribution is 7.26. The van der Waals surface area contributed by atoms with Crippen molar-refractivity contribution >= 4 is 75.3 Å². The van der Waals surface area contributed by atoms with Crippen molar-refractivity contribution < 1.29 is 18.1 Å². The molecule has 0 unspecified atom stereocenters. The van der Waals surface area contributed by atoms with Crippen molar-refractivity contribution in [2.45, 2.75) is 0 Å². The lowest BCUT2D eigenvalue weighted by Crippen LogP contribution is -2.06. The number of aromatic nitrogens is 4. The number of hydrogen-bond acceptors (Lipinski definition) is 5. The first-order chi connectivity index (χ1) is 35.4. The van der Waals surface area contributed by atoms with E-state index in [0.717, 1.165) is 47.6 Å². The Kier molecular flexibility index (Phi) is 6.06. The fraction of sp³-hybridized carbons (Fsp3) is 0. The Morgan fingerprint density at radius 1 is 0.444 bits per heavy atom. The van der Waals surface area contributed by atoms with Crippen LogP contribution in [0.5, 0.6) is 0 Å². The van der Waals surface area contributed by atoms with Gasteiger partial charge in [0.05, 0.1) is 24.7 Å². The average molecular weight is 833 g/mol. The first kappa shape index (κ1) is 26.9. The fourth-order valence-corrected chi connectivity index (χ4v) is 9.71. The molecule has 13 aromatic rings. The lowest BCUT2D eigenvalue weighted by Gasteiger charge is -2.13. The van der Waals surface area contributed by atoms with E-state index >= 15 is 0 Å². The fourth-order valence-electron chi connectivity index (χ4n) is 8.60. The smallest absolute Gasteiger partial charge is 0.238 e. The van der Waals surface area contributed by atoms with E-state index in [1.54, 1.807) is 72.0 Å². The van der Waals surface area contributed by atoms with E-state index in [2.05, 4.69) is 36.4 Å². The van der Waals surface area contributed by atoms with Crippen molar-refractivity contribution in [3.05, 3.63) is 206 Å². The summed E-state index contributed by atoms with van der Waals surface area (Å²) in [4.78, 5) is 15.2.